The maximum atomic E-state index is 11.9. The van der Waals surface area contributed by atoms with Crippen LogP contribution >= 0.6 is 0 Å². The van der Waals surface area contributed by atoms with Crippen LogP contribution in [0.2, 0.25) is 0 Å². The third-order valence-corrected chi connectivity index (χ3v) is 4.34. The molecule has 0 heterocycles. The summed E-state index contributed by atoms with van der Waals surface area (Å²) in [5.74, 6) is -0.0488. The molecule has 0 bridgehead atoms. The fourth-order valence-corrected chi connectivity index (χ4v) is 2.67. The van der Waals surface area contributed by atoms with E-state index in [1.54, 1.807) is 30.3 Å². The maximum Gasteiger partial charge on any atom is 0.272 e. The number of sulfonamides is 1. The largest absolute Gasteiger partial charge is 0.484 e. The Balaban J connectivity index is 1.83. The van der Waals surface area contributed by atoms with Crippen LogP contribution in [0.3, 0.4) is 0 Å². The van der Waals surface area contributed by atoms with Crippen molar-refractivity contribution in [3.8, 4) is 5.75 Å². The summed E-state index contributed by atoms with van der Waals surface area (Å²) in [4.78, 5) is 13.7. The number of hydrogen-bond donors (Lipinski definition) is 2. The van der Waals surface area contributed by atoms with Crippen molar-refractivity contribution in [2.45, 2.75) is 18.2 Å². The molecule has 0 aromatic heterocycles. The smallest absolute Gasteiger partial charge is 0.272 e. The number of carbonyl (C=O) groups is 1. The van der Waals surface area contributed by atoms with E-state index in [0.29, 0.717) is 5.75 Å². The first kappa shape index (κ1) is 17.0. The minimum absolute atomic E-state index is 0.0661. The molecular formula is C16H18N2O4S. The van der Waals surface area contributed by atoms with Gasteiger partial charge in [0.1, 0.15) is 5.75 Å². The van der Waals surface area contributed by atoms with Crippen LogP contribution in [0.5, 0.6) is 5.75 Å². The van der Waals surface area contributed by atoms with Gasteiger partial charge < -0.3 is 4.74 Å². The molecule has 2 N–H and O–H groups in total. The Labute approximate surface area is 135 Å². The summed E-state index contributed by atoms with van der Waals surface area (Å²) < 4.78 is 29.1. The first-order valence-corrected chi connectivity index (χ1v) is 8.57. The van der Waals surface area contributed by atoms with Gasteiger partial charge in [0.25, 0.3) is 15.9 Å². The Morgan fingerprint density at radius 2 is 1.70 bits per heavy atom. The van der Waals surface area contributed by atoms with E-state index in [1.165, 1.54) is 12.1 Å². The minimum Gasteiger partial charge on any atom is -0.484 e. The average Bonchev–Trinajstić information content (AvgIpc) is 2.59. The van der Waals surface area contributed by atoms with Crippen molar-refractivity contribution in [3.05, 3.63) is 60.2 Å². The molecule has 0 radical (unpaired) electrons. The van der Waals surface area contributed by atoms with Crippen LogP contribution in [0.15, 0.2) is 59.5 Å². The Hall–Kier alpha value is -2.38. The molecular weight excluding hydrogens is 316 g/mol. The third kappa shape index (κ3) is 5.08. The number of hydrazine groups is 1. The highest BCUT2D eigenvalue weighted by atomic mass is 32.2. The van der Waals surface area contributed by atoms with E-state index in [1.807, 2.05) is 23.9 Å². The number of carbonyl (C=O) groups excluding carboxylic acids is 1. The first-order chi connectivity index (χ1) is 11.0. The minimum atomic E-state index is -3.78. The van der Waals surface area contributed by atoms with Crippen LogP contribution in [0, 0.1) is 0 Å². The summed E-state index contributed by atoms with van der Waals surface area (Å²) in [7, 11) is -3.78. The number of benzene rings is 2. The Morgan fingerprint density at radius 3 is 2.30 bits per heavy atom. The molecule has 0 atom stereocenters. The lowest BCUT2D eigenvalue weighted by molar-refractivity contribution is -0.123. The highest BCUT2D eigenvalue weighted by Crippen LogP contribution is 2.12. The molecule has 0 aliphatic rings. The average molecular weight is 334 g/mol. The van der Waals surface area contributed by atoms with Gasteiger partial charge in [0.15, 0.2) is 6.61 Å². The summed E-state index contributed by atoms with van der Waals surface area (Å²) >= 11 is 0. The molecule has 6 nitrogen and oxygen atoms in total. The van der Waals surface area contributed by atoms with Gasteiger partial charge in [-0.2, -0.15) is 0 Å². The van der Waals surface area contributed by atoms with Gasteiger partial charge in [-0.15, -0.1) is 4.83 Å². The monoisotopic (exact) mass is 334 g/mol. The number of aryl methyl sites for hydroxylation is 1. The standard InChI is InChI=1S/C16H18N2O4S/c1-2-13-8-10-14(11-9-13)22-12-16(19)17-18-23(20,21)15-6-4-3-5-7-15/h3-11,18H,2,12H2,1H3,(H,17,19). The van der Waals surface area contributed by atoms with E-state index >= 15 is 0 Å². The lowest BCUT2D eigenvalue weighted by Gasteiger charge is -2.09. The quantitative estimate of drug-likeness (QED) is 0.754. The number of amides is 1. The molecule has 2 aromatic rings. The summed E-state index contributed by atoms with van der Waals surface area (Å²) in [6.45, 7) is 1.75. The molecule has 0 unspecified atom stereocenters. The predicted octanol–water partition coefficient (Wildman–Crippen LogP) is 1.64. The van der Waals surface area contributed by atoms with E-state index in [2.05, 4.69) is 5.43 Å². The van der Waals surface area contributed by atoms with Gasteiger partial charge in [0.2, 0.25) is 0 Å². The first-order valence-electron chi connectivity index (χ1n) is 7.08. The fourth-order valence-electron chi connectivity index (χ4n) is 1.79. The summed E-state index contributed by atoms with van der Waals surface area (Å²) in [5.41, 5.74) is 3.28. The lowest BCUT2D eigenvalue weighted by atomic mass is 10.2. The highest BCUT2D eigenvalue weighted by molar-refractivity contribution is 7.89. The maximum absolute atomic E-state index is 11.9. The van der Waals surface area contributed by atoms with E-state index in [4.69, 9.17) is 4.74 Å². The molecule has 122 valence electrons. The van der Waals surface area contributed by atoms with Gasteiger partial charge in [0.05, 0.1) is 4.90 Å². The SMILES string of the molecule is CCc1ccc(OCC(=O)NNS(=O)(=O)c2ccccc2)cc1. The number of rotatable bonds is 7. The van der Waals surface area contributed by atoms with Crippen molar-refractivity contribution < 1.29 is 17.9 Å². The van der Waals surface area contributed by atoms with Gasteiger partial charge in [-0.3, -0.25) is 10.2 Å². The van der Waals surface area contributed by atoms with Gasteiger partial charge in [-0.05, 0) is 36.2 Å². The Bertz CT molecular complexity index is 743. The van der Waals surface area contributed by atoms with Crippen LogP contribution < -0.4 is 15.0 Å². The second kappa shape index (κ2) is 7.75. The van der Waals surface area contributed by atoms with Gasteiger partial charge in [0, 0.05) is 0 Å². The van der Waals surface area contributed by atoms with Crippen molar-refractivity contribution in [2.24, 2.45) is 0 Å². The number of hydrogen-bond acceptors (Lipinski definition) is 4. The zero-order valence-corrected chi connectivity index (χ0v) is 13.5. The molecule has 0 fully saturated rings. The van der Waals surface area contributed by atoms with Crippen LogP contribution in [0.1, 0.15) is 12.5 Å². The molecule has 2 rings (SSSR count). The van der Waals surface area contributed by atoms with E-state index < -0.39 is 15.9 Å². The van der Waals surface area contributed by atoms with Crippen molar-refractivity contribution in [1.29, 1.82) is 0 Å². The van der Waals surface area contributed by atoms with Crippen molar-refractivity contribution >= 4 is 15.9 Å². The molecule has 2 aromatic carbocycles. The van der Waals surface area contributed by atoms with Gasteiger partial charge in [-0.25, -0.2) is 8.42 Å². The number of nitrogens with one attached hydrogen (secondary N) is 2. The molecule has 0 aliphatic carbocycles. The Kier molecular flexibility index (Phi) is 5.72. The van der Waals surface area contributed by atoms with Crippen LogP contribution in [0.4, 0.5) is 0 Å². The molecule has 0 saturated carbocycles. The van der Waals surface area contributed by atoms with Gasteiger partial charge >= 0.3 is 0 Å². The van der Waals surface area contributed by atoms with Gasteiger partial charge in [-0.1, -0.05) is 37.3 Å². The third-order valence-electron chi connectivity index (χ3n) is 3.08. The lowest BCUT2D eigenvalue weighted by Crippen LogP contribution is -2.43. The summed E-state index contributed by atoms with van der Waals surface area (Å²) in [6.07, 6.45) is 0.919. The normalized spacial score (nSPS) is 11.0. The van der Waals surface area contributed by atoms with Crippen LogP contribution in [0.25, 0.3) is 0 Å². The Morgan fingerprint density at radius 1 is 1.04 bits per heavy atom. The number of ether oxygens (including phenoxy) is 1. The molecule has 0 saturated heterocycles. The van der Waals surface area contributed by atoms with E-state index in [9.17, 15) is 13.2 Å². The molecule has 1 amide bonds. The second-order valence-electron chi connectivity index (χ2n) is 4.75. The molecule has 23 heavy (non-hydrogen) atoms. The summed E-state index contributed by atoms with van der Waals surface area (Å²) in [5, 5.41) is 0. The van der Waals surface area contributed by atoms with Crippen molar-refractivity contribution in [1.82, 2.24) is 10.3 Å². The van der Waals surface area contributed by atoms with Crippen LogP contribution in [-0.4, -0.2) is 20.9 Å². The molecule has 7 heteroatoms. The topological polar surface area (TPSA) is 84.5 Å². The zero-order valence-electron chi connectivity index (χ0n) is 12.7. The van der Waals surface area contributed by atoms with E-state index in [0.717, 1.165) is 12.0 Å². The van der Waals surface area contributed by atoms with E-state index in [-0.39, 0.29) is 11.5 Å². The second-order valence-corrected chi connectivity index (χ2v) is 6.44. The van der Waals surface area contributed by atoms with Crippen molar-refractivity contribution in [3.63, 3.8) is 0 Å². The fraction of sp³-hybridized carbons (Fsp3) is 0.188. The molecule has 0 spiro atoms. The summed E-state index contributed by atoms with van der Waals surface area (Å²) in [6, 6.07) is 15.1. The van der Waals surface area contributed by atoms with Crippen molar-refractivity contribution in [2.75, 3.05) is 6.61 Å². The molecule has 0 aliphatic heterocycles. The van der Waals surface area contributed by atoms with Crippen LogP contribution in [-0.2, 0) is 21.2 Å². The zero-order chi connectivity index (χ0) is 16.7. The predicted molar refractivity (Wildman–Crippen MR) is 86.2 cm³/mol. The highest BCUT2D eigenvalue weighted by Gasteiger charge is 2.14.